The van der Waals surface area contributed by atoms with Gasteiger partial charge in [-0.3, -0.25) is 9.88 Å². The van der Waals surface area contributed by atoms with E-state index in [4.69, 9.17) is 0 Å². The third kappa shape index (κ3) is 1.86. The quantitative estimate of drug-likeness (QED) is 0.700. The highest BCUT2D eigenvalue weighted by Gasteiger charge is 2.25. The van der Waals surface area contributed by atoms with E-state index in [-0.39, 0.29) is 0 Å². The van der Waals surface area contributed by atoms with Gasteiger partial charge >= 0.3 is 0 Å². The smallest absolute Gasteiger partial charge is 0.250 e. The van der Waals surface area contributed by atoms with E-state index in [9.17, 15) is 5.26 Å². The van der Waals surface area contributed by atoms with Crippen LogP contribution in [0, 0.1) is 18.3 Å². The van der Waals surface area contributed by atoms with E-state index in [0.29, 0.717) is 0 Å². The molecule has 3 heterocycles. The minimum Gasteiger partial charge on any atom is -0.292 e. The lowest BCUT2D eigenvalue weighted by Crippen LogP contribution is -2.38. The topological polar surface area (TPSA) is 46.9 Å². The molecule has 0 unspecified atom stereocenters. The van der Waals surface area contributed by atoms with Gasteiger partial charge in [0.15, 0.2) is 0 Å². The lowest BCUT2D eigenvalue weighted by molar-refractivity contribution is -0.467. The highest BCUT2D eigenvalue weighted by atomic mass is 15.2. The predicted molar refractivity (Wildman–Crippen MR) is 87.0 cm³/mol. The molecule has 1 aromatic carbocycles. The summed E-state index contributed by atoms with van der Waals surface area (Å²) in [6, 6.07) is 12.8. The van der Waals surface area contributed by atoms with Gasteiger partial charge in [0.25, 0.3) is 0 Å². The number of anilines is 1. The zero-order valence-electron chi connectivity index (χ0n) is 12.8. The zero-order chi connectivity index (χ0) is 15.1. The largest absolute Gasteiger partial charge is 0.292 e. The number of nitrogens with zero attached hydrogens (tertiary/aromatic N) is 3. The molecule has 0 bridgehead atoms. The molecule has 3 aromatic rings. The Bertz CT molecular complexity index is 895. The minimum absolute atomic E-state index is 0.733. The molecular formula is C18H19N4+. The van der Waals surface area contributed by atoms with Crippen LogP contribution in [0.4, 0.5) is 5.82 Å². The van der Waals surface area contributed by atoms with Crippen molar-refractivity contribution in [2.24, 2.45) is 0 Å². The van der Waals surface area contributed by atoms with Crippen LogP contribution in [0.5, 0.6) is 0 Å². The van der Waals surface area contributed by atoms with Crippen LogP contribution in [0.2, 0.25) is 0 Å². The Kier molecular flexibility index (Phi) is 3.00. The van der Waals surface area contributed by atoms with E-state index in [1.807, 2.05) is 13.0 Å². The lowest BCUT2D eigenvalue weighted by atomic mass is 10.1. The van der Waals surface area contributed by atoms with Crippen molar-refractivity contribution in [3.05, 3.63) is 41.5 Å². The zero-order valence-corrected chi connectivity index (χ0v) is 12.8. The van der Waals surface area contributed by atoms with E-state index < -0.39 is 0 Å². The van der Waals surface area contributed by atoms with Crippen LogP contribution in [0.1, 0.15) is 30.4 Å². The number of aromatic amines is 1. The summed E-state index contributed by atoms with van der Waals surface area (Å²) in [6.07, 6.45) is 3.79. The van der Waals surface area contributed by atoms with E-state index >= 15 is 0 Å². The van der Waals surface area contributed by atoms with Gasteiger partial charge in [-0.2, -0.15) is 9.66 Å². The first-order valence-electron chi connectivity index (χ1n) is 7.91. The molecule has 1 aliphatic rings. The Balaban J connectivity index is 2.09. The molecule has 0 amide bonds. The average Bonchev–Trinajstić information content (AvgIpc) is 2.94. The number of benzene rings is 1. The van der Waals surface area contributed by atoms with Gasteiger partial charge < -0.3 is 0 Å². The summed E-state index contributed by atoms with van der Waals surface area (Å²) in [4.78, 5) is 5.88. The number of piperidine rings is 1. The second-order valence-electron chi connectivity index (χ2n) is 6.05. The van der Waals surface area contributed by atoms with Crippen LogP contribution < -0.4 is 9.30 Å². The predicted octanol–water partition coefficient (Wildman–Crippen LogP) is 3.08. The molecule has 4 heteroatoms. The van der Waals surface area contributed by atoms with Gasteiger partial charge in [0.1, 0.15) is 22.7 Å². The number of aromatic nitrogens is 2. The van der Waals surface area contributed by atoms with E-state index in [1.165, 1.54) is 25.1 Å². The maximum absolute atomic E-state index is 9.55. The Hall–Kier alpha value is -2.54. The van der Waals surface area contributed by atoms with Gasteiger partial charge in [-0.25, -0.2) is 0 Å². The van der Waals surface area contributed by atoms with Crippen LogP contribution in [0.15, 0.2) is 30.3 Å². The van der Waals surface area contributed by atoms with Gasteiger partial charge in [-0.05, 0) is 43.9 Å². The molecule has 0 saturated carbocycles. The SMILES string of the molecule is Cc1cc(N2CCCCC2)[n+]2c([nH]c3ccccc32)c1C#N. The number of hydrogen-bond acceptors (Lipinski definition) is 2. The summed E-state index contributed by atoms with van der Waals surface area (Å²) >= 11 is 0. The molecule has 0 spiro atoms. The number of rotatable bonds is 1. The lowest BCUT2D eigenvalue weighted by Gasteiger charge is -2.24. The number of para-hydroxylation sites is 2. The average molecular weight is 291 g/mol. The highest BCUT2D eigenvalue weighted by Crippen LogP contribution is 2.24. The minimum atomic E-state index is 0.733. The van der Waals surface area contributed by atoms with Crippen LogP contribution in [0.25, 0.3) is 16.7 Å². The van der Waals surface area contributed by atoms with E-state index in [1.54, 1.807) is 0 Å². The fourth-order valence-corrected chi connectivity index (χ4v) is 3.50. The molecule has 4 rings (SSSR count). The number of pyridine rings is 1. The van der Waals surface area contributed by atoms with Crippen LogP contribution in [-0.4, -0.2) is 18.1 Å². The molecule has 1 aliphatic heterocycles. The molecule has 0 aliphatic carbocycles. The van der Waals surface area contributed by atoms with E-state index in [0.717, 1.165) is 40.9 Å². The maximum atomic E-state index is 9.55. The number of imidazole rings is 1. The normalized spacial score (nSPS) is 15.4. The highest BCUT2D eigenvalue weighted by molar-refractivity contribution is 5.77. The van der Waals surface area contributed by atoms with Gasteiger partial charge in [0, 0.05) is 6.07 Å². The first-order valence-corrected chi connectivity index (χ1v) is 7.91. The fourth-order valence-electron chi connectivity index (χ4n) is 3.50. The number of nitriles is 1. The molecule has 1 fully saturated rings. The van der Waals surface area contributed by atoms with Crippen LogP contribution >= 0.6 is 0 Å². The second kappa shape index (κ2) is 5.03. The Labute approximate surface area is 129 Å². The number of hydrogen-bond donors (Lipinski definition) is 1. The van der Waals surface area contributed by atoms with Crippen molar-refractivity contribution in [3.8, 4) is 6.07 Å². The third-order valence-corrected chi connectivity index (χ3v) is 4.62. The third-order valence-electron chi connectivity index (χ3n) is 4.62. The Morgan fingerprint density at radius 1 is 1.18 bits per heavy atom. The molecular weight excluding hydrogens is 272 g/mol. The fraction of sp³-hybridized carbons (Fsp3) is 0.333. The van der Waals surface area contributed by atoms with Crippen LogP contribution in [0.3, 0.4) is 0 Å². The summed E-state index contributed by atoms with van der Waals surface area (Å²) in [7, 11) is 0. The number of fused-ring (bicyclic) bond motifs is 3. The van der Waals surface area contributed by atoms with Crippen molar-refractivity contribution in [3.63, 3.8) is 0 Å². The monoisotopic (exact) mass is 291 g/mol. The van der Waals surface area contributed by atoms with Crippen LogP contribution in [-0.2, 0) is 0 Å². The van der Waals surface area contributed by atoms with Crippen molar-refractivity contribution in [2.45, 2.75) is 26.2 Å². The molecule has 0 atom stereocenters. The first-order chi connectivity index (χ1) is 10.8. The van der Waals surface area contributed by atoms with Gasteiger partial charge in [-0.15, -0.1) is 0 Å². The van der Waals surface area contributed by atoms with Crippen molar-refractivity contribution in [2.75, 3.05) is 18.0 Å². The van der Waals surface area contributed by atoms with Crippen molar-refractivity contribution in [1.82, 2.24) is 4.98 Å². The summed E-state index contributed by atoms with van der Waals surface area (Å²) in [5, 5.41) is 9.55. The number of nitrogens with one attached hydrogen (secondary N) is 1. The van der Waals surface area contributed by atoms with Gasteiger partial charge in [0.05, 0.1) is 13.1 Å². The summed E-state index contributed by atoms with van der Waals surface area (Å²) < 4.78 is 2.21. The van der Waals surface area contributed by atoms with Gasteiger partial charge in [-0.1, -0.05) is 12.1 Å². The summed E-state index contributed by atoms with van der Waals surface area (Å²) in [5.41, 5.74) is 4.88. The summed E-state index contributed by atoms with van der Waals surface area (Å²) in [6.45, 7) is 4.21. The first kappa shape index (κ1) is 13.1. The van der Waals surface area contributed by atoms with Gasteiger partial charge in [0.2, 0.25) is 11.5 Å². The van der Waals surface area contributed by atoms with E-state index in [2.05, 4.69) is 44.6 Å². The molecule has 1 saturated heterocycles. The number of H-pyrrole nitrogens is 1. The number of aryl methyl sites for hydroxylation is 1. The maximum Gasteiger partial charge on any atom is 0.250 e. The molecule has 1 N–H and O–H groups in total. The second-order valence-corrected chi connectivity index (χ2v) is 6.05. The Morgan fingerprint density at radius 2 is 1.95 bits per heavy atom. The molecule has 0 radical (unpaired) electrons. The molecule has 22 heavy (non-hydrogen) atoms. The molecule has 110 valence electrons. The standard InChI is InChI=1S/C18H18N4/c1-13-11-17(21-9-5-2-6-10-21)22-16-8-4-3-7-15(16)20-18(22)14(13)12-19/h3-4,7-8,11H,2,5-6,9-10H2,1H3/p+1. The van der Waals surface area contributed by atoms with Crippen molar-refractivity contribution >= 4 is 22.5 Å². The molecule has 4 nitrogen and oxygen atoms in total. The Morgan fingerprint density at radius 3 is 2.73 bits per heavy atom. The molecule has 2 aromatic heterocycles. The van der Waals surface area contributed by atoms with Crippen molar-refractivity contribution < 1.29 is 4.40 Å². The van der Waals surface area contributed by atoms with Crippen molar-refractivity contribution in [1.29, 1.82) is 5.26 Å². The summed E-state index contributed by atoms with van der Waals surface area (Å²) in [5.74, 6) is 1.20.